The number of unbranched alkanes of at least 4 members (excludes halogenated alkanes) is 2. The number of likely N-dealkylation sites (N-methyl/N-ethyl adjacent to an activating group) is 1. The van der Waals surface area contributed by atoms with Crippen LogP contribution in [0, 0.1) is 0 Å². The first-order valence-corrected chi connectivity index (χ1v) is 17.3. The monoisotopic (exact) mass is 639 g/mol. The molecule has 2 N–H and O–H groups in total. The predicted molar refractivity (Wildman–Crippen MR) is 174 cm³/mol. The lowest BCUT2D eigenvalue weighted by atomic mass is 10.0. The highest BCUT2D eigenvalue weighted by atomic mass is 32.2. The molecule has 3 aliphatic heterocycles. The molecule has 3 heterocycles. The van der Waals surface area contributed by atoms with Crippen molar-refractivity contribution >= 4 is 54.3 Å². The second-order valence-electron chi connectivity index (χ2n) is 11.3. The molecule has 6 rings (SSSR count). The first kappa shape index (κ1) is 30.8. The summed E-state index contributed by atoms with van der Waals surface area (Å²) in [4.78, 5) is 51.5. The van der Waals surface area contributed by atoms with Crippen molar-refractivity contribution in [1.29, 1.82) is 0 Å². The fourth-order valence-electron chi connectivity index (χ4n) is 6.37. The van der Waals surface area contributed by atoms with Crippen LogP contribution in [0.1, 0.15) is 48.0 Å². The van der Waals surface area contributed by atoms with Gasteiger partial charge in [0, 0.05) is 44.1 Å². The molecule has 1 saturated heterocycles. The van der Waals surface area contributed by atoms with Gasteiger partial charge in [0.05, 0.1) is 42.6 Å². The Hall–Kier alpha value is -3.24. The van der Waals surface area contributed by atoms with E-state index in [0.29, 0.717) is 48.9 Å². The van der Waals surface area contributed by atoms with Gasteiger partial charge in [-0.05, 0) is 54.9 Å². The number of rotatable bonds is 10. The van der Waals surface area contributed by atoms with Gasteiger partial charge < -0.3 is 38.5 Å². The third-order valence-electron chi connectivity index (χ3n) is 8.62. The van der Waals surface area contributed by atoms with E-state index in [2.05, 4.69) is 4.90 Å². The molecule has 1 fully saturated rings. The van der Waals surface area contributed by atoms with Crippen LogP contribution in [0.4, 0.5) is 11.4 Å². The molecular weight excluding hydrogens is 601 g/mol. The Balaban J connectivity index is 1.05. The molecule has 1 atom stereocenters. The van der Waals surface area contributed by atoms with Gasteiger partial charge in [0.2, 0.25) is 5.91 Å². The van der Waals surface area contributed by atoms with E-state index in [1.807, 2.05) is 54.0 Å². The minimum Gasteiger partial charge on any atom is -0.493 e. The summed E-state index contributed by atoms with van der Waals surface area (Å²) in [7, 11) is 1.05. The molecule has 10 nitrogen and oxygen atoms in total. The van der Waals surface area contributed by atoms with Crippen LogP contribution < -0.4 is 23.8 Å². The van der Waals surface area contributed by atoms with E-state index in [1.54, 1.807) is 24.1 Å². The molecule has 3 aromatic rings. The zero-order valence-electron chi connectivity index (χ0n) is 25.0. The summed E-state index contributed by atoms with van der Waals surface area (Å²) in [6, 6.07) is 13.2. The maximum absolute atomic E-state index is 13.3. The third-order valence-corrected chi connectivity index (χ3v) is 10.3. The Kier molecular flexibility index (Phi) is 9.37. The normalized spacial score (nSPS) is 17.8. The van der Waals surface area contributed by atoms with Gasteiger partial charge in [0.25, 0.3) is 5.91 Å². The maximum atomic E-state index is 13.3. The number of hydrogen-bond acceptors (Lipinski definition) is 9. The van der Waals surface area contributed by atoms with Crippen molar-refractivity contribution in [2.24, 2.45) is 0 Å². The molecule has 0 saturated carbocycles. The first-order chi connectivity index (χ1) is 21.4. The van der Waals surface area contributed by atoms with Gasteiger partial charge in [-0.25, -0.2) is 0 Å². The fraction of sp³-hybridized carbons (Fsp3) is 0.438. The lowest BCUT2D eigenvalue weighted by Crippen LogP contribution is -2.38. The van der Waals surface area contributed by atoms with E-state index < -0.39 is 8.60 Å². The van der Waals surface area contributed by atoms with Gasteiger partial charge in [-0.15, -0.1) is 11.8 Å². The lowest BCUT2D eigenvalue weighted by Gasteiger charge is -2.28. The van der Waals surface area contributed by atoms with E-state index in [0.717, 1.165) is 72.1 Å². The smallest absolute Gasteiger partial charge is 0.391 e. The zero-order valence-corrected chi connectivity index (χ0v) is 26.7. The van der Waals surface area contributed by atoms with E-state index >= 15 is 0 Å². The summed E-state index contributed by atoms with van der Waals surface area (Å²) < 4.78 is 17.1. The van der Waals surface area contributed by atoms with E-state index in [9.17, 15) is 19.4 Å². The predicted octanol–water partition coefficient (Wildman–Crippen LogP) is 5.32. The number of ether oxygens (including phenoxy) is 2. The van der Waals surface area contributed by atoms with Crippen LogP contribution in [-0.2, 0) is 11.2 Å². The summed E-state index contributed by atoms with van der Waals surface area (Å²) in [6.07, 6.45) is 4.44. The topological polar surface area (TPSA) is 112 Å². The van der Waals surface area contributed by atoms with Crippen molar-refractivity contribution in [2.75, 3.05) is 56.0 Å². The Morgan fingerprint density at radius 1 is 1.02 bits per heavy atom. The van der Waals surface area contributed by atoms with Crippen LogP contribution in [-0.4, -0.2) is 78.0 Å². The highest BCUT2D eigenvalue weighted by Crippen LogP contribution is 2.44. The third kappa shape index (κ3) is 6.15. The zero-order chi connectivity index (χ0) is 30.8. The van der Waals surface area contributed by atoms with Crippen LogP contribution in [0.15, 0.2) is 42.5 Å². The Morgan fingerprint density at radius 3 is 2.61 bits per heavy atom. The number of anilines is 2. The number of hydrogen-bond donors (Lipinski definition) is 2. The number of carbonyl (C=O) groups excluding carboxylic acids is 2. The number of amides is 2. The van der Waals surface area contributed by atoms with Gasteiger partial charge >= 0.3 is 8.60 Å². The first-order valence-electron chi connectivity index (χ1n) is 15.0. The van der Waals surface area contributed by atoms with Crippen molar-refractivity contribution < 1.29 is 33.4 Å². The van der Waals surface area contributed by atoms with Crippen LogP contribution in [0.25, 0.3) is 10.8 Å². The standard InChI is InChI=1S/C32H38N3O7PS/c1-33-25-18-29(28(40-2)17-24(25)32(37)34-13-8-16-44-31(33)20-34)41-15-7-3-4-11-30(36)35-14-12-22-21-9-5-6-10-23(21)27(19-26(22)35)42-43(38)39/h5-6,9-10,17-19,31,38-39H,3-4,7-8,11-16,20H2,1-2H3. The second-order valence-corrected chi connectivity index (χ2v) is 13.3. The molecular formula is C32H38N3O7PS. The molecule has 3 aromatic carbocycles. The molecule has 0 radical (unpaired) electrons. The number of nitrogens with zero attached hydrogens (tertiary/aromatic N) is 3. The minimum absolute atomic E-state index is 0.0378. The molecule has 12 heteroatoms. The Morgan fingerprint density at radius 2 is 1.82 bits per heavy atom. The molecule has 2 amide bonds. The van der Waals surface area contributed by atoms with Gasteiger partial charge in [0.15, 0.2) is 11.5 Å². The van der Waals surface area contributed by atoms with Crippen LogP contribution >= 0.6 is 20.4 Å². The van der Waals surface area contributed by atoms with Gasteiger partial charge in [0.1, 0.15) is 5.75 Å². The van der Waals surface area contributed by atoms with Crippen molar-refractivity contribution in [3.63, 3.8) is 0 Å². The van der Waals surface area contributed by atoms with E-state index in [-0.39, 0.29) is 17.2 Å². The maximum Gasteiger partial charge on any atom is 0.391 e. The van der Waals surface area contributed by atoms with Gasteiger partial charge in [-0.2, -0.15) is 0 Å². The number of fused-ring (bicyclic) bond motifs is 6. The average molecular weight is 640 g/mol. The number of carbonyl (C=O) groups is 2. The molecule has 0 aliphatic carbocycles. The molecule has 0 aromatic heterocycles. The Labute approximate surface area is 262 Å². The highest BCUT2D eigenvalue weighted by Gasteiger charge is 2.34. The summed E-state index contributed by atoms with van der Waals surface area (Å²) >= 11 is 1.88. The lowest BCUT2D eigenvalue weighted by molar-refractivity contribution is -0.118. The average Bonchev–Trinajstić information content (AvgIpc) is 3.25. The number of methoxy groups -OCH3 is 1. The van der Waals surface area contributed by atoms with Crippen LogP contribution in [0.5, 0.6) is 17.2 Å². The second kappa shape index (κ2) is 13.4. The van der Waals surface area contributed by atoms with Crippen molar-refractivity contribution in [2.45, 2.75) is 43.9 Å². The quantitative estimate of drug-likeness (QED) is 0.225. The van der Waals surface area contributed by atoms with Crippen molar-refractivity contribution in [3.8, 4) is 17.2 Å². The molecule has 3 aliphatic rings. The summed E-state index contributed by atoms with van der Waals surface area (Å²) in [5, 5.41) is 1.96. The van der Waals surface area contributed by atoms with E-state index in [4.69, 9.17) is 14.0 Å². The van der Waals surface area contributed by atoms with Gasteiger partial charge in [-0.1, -0.05) is 24.3 Å². The molecule has 1 unspecified atom stereocenters. The van der Waals surface area contributed by atoms with Gasteiger partial charge in [-0.3, -0.25) is 9.59 Å². The SMILES string of the molecule is COc1cc2c(cc1OCCCCCC(=O)N1CCc3c1cc(OP(O)O)c1ccccc31)N(C)C1CN(CCCS1)C2=O. The molecule has 2 bridgehead atoms. The van der Waals surface area contributed by atoms with Crippen molar-refractivity contribution in [3.05, 3.63) is 53.6 Å². The largest absolute Gasteiger partial charge is 0.493 e. The molecule has 44 heavy (non-hydrogen) atoms. The summed E-state index contributed by atoms with van der Waals surface area (Å²) in [6.45, 7) is 2.52. The van der Waals surface area contributed by atoms with E-state index in [1.165, 1.54) is 0 Å². The fourth-order valence-corrected chi connectivity index (χ4v) is 7.88. The van der Waals surface area contributed by atoms with Crippen LogP contribution in [0.3, 0.4) is 0 Å². The van der Waals surface area contributed by atoms with Crippen LogP contribution in [0.2, 0.25) is 0 Å². The minimum atomic E-state index is -2.58. The highest BCUT2D eigenvalue weighted by molar-refractivity contribution is 8.00. The molecule has 234 valence electrons. The number of thioether (sulfide) groups is 1. The summed E-state index contributed by atoms with van der Waals surface area (Å²) in [5.41, 5.74) is 3.35. The molecule has 0 spiro atoms. The summed E-state index contributed by atoms with van der Waals surface area (Å²) in [5.74, 6) is 2.63. The Bertz CT molecular complexity index is 1550. The number of benzene rings is 3. The van der Waals surface area contributed by atoms with Crippen molar-refractivity contribution in [1.82, 2.24) is 4.90 Å².